The van der Waals surface area contributed by atoms with Crippen LogP contribution in [-0.4, -0.2) is 0 Å². The average Bonchev–Trinajstić information content (AvgIpc) is 2.49. The number of hydrogen-bond acceptors (Lipinski definition) is 0. The van der Waals surface area contributed by atoms with Crippen molar-refractivity contribution in [2.45, 2.75) is 39.5 Å². The second-order valence-electron chi connectivity index (χ2n) is 5.25. The van der Waals surface area contributed by atoms with Gasteiger partial charge in [-0.1, -0.05) is 38.2 Å². The largest absolute Gasteiger partial charge is 2.00 e. The molecule has 0 unspecified atom stereocenters. The van der Waals surface area contributed by atoms with Crippen LogP contribution in [0.25, 0.3) is 0 Å². The van der Waals surface area contributed by atoms with Crippen LogP contribution in [-0.2, 0) is 21.1 Å². The molecule has 0 atom stereocenters. The van der Waals surface area contributed by atoms with Crippen LogP contribution in [0.1, 0.15) is 36.8 Å². The molecular formula is C22H26Pt. The number of aryl methyl sites for hydroxylation is 2. The summed E-state index contributed by atoms with van der Waals surface area (Å²) in [6.45, 7) is 4.13. The maximum Gasteiger partial charge on any atom is 2.00 e. The van der Waals surface area contributed by atoms with Crippen molar-refractivity contribution in [2.75, 3.05) is 0 Å². The van der Waals surface area contributed by atoms with Crippen molar-refractivity contribution in [1.82, 2.24) is 0 Å². The molecule has 124 valence electrons. The number of hydrogen-bond donors (Lipinski definition) is 0. The topological polar surface area (TPSA) is 0 Å². The van der Waals surface area contributed by atoms with Gasteiger partial charge in [0, 0.05) is 0 Å². The van der Waals surface area contributed by atoms with Gasteiger partial charge in [-0.25, -0.2) is 0 Å². The Balaban J connectivity index is 0.000000310. The van der Waals surface area contributed by atoms with E-state index in [0.717, 1.165) is 0 Å². The molecule has 23 heavy (non-hydrogen) atoms. The average molecular weight is 486 g/mol. The van der Waals surface area contributed by atoms with Crippen LogP contribution in [0, 0.1) is 26.0 Å². The minimum atomic E-state index is 0. The summed E-state index contributed by atoms with van der Waals surface area (Å²) in [5, 5.41) is 0. The quantitative estimate of drug-likeness (QED) is 0.305. The molecule has 0 nitrogen and oxygen atoms in total. The van der Waals surface area contributed by atoms with E-state index in [9.17, 15) is 0 Å². The molecule has 0 saturated carbocycles. The third kappa shape index (κ3) is 14.0. The van der Waals surface area contributed by atoms with E-state index in [1.165, 1.54) is 36.8 Å². The molecule has 0 radical (unpaired) electrons. The van der Waals surface area contributed by atoms with Crippen molar-refractivity contribution in [3.8, 4) is 0 Å². The molecule has 0 heterocycles. The van der Waals surface area contributed by atoms with E-state index >= 15 is 0 Å². The van der Waals surface area contributed by atoms with Crippen molar-refractivity contribution >= 4 is 0 Å². The Bertz CT molecular complexity index is 463. The fourth-order valence-corrected chi connectivity index (χ4v) is 1.80. The van der Waals surface area contributed by atoms with E-state index in [2.05, 4.69) is 50.3 Å². The third-order valence-electron chi connectivity index (χ3n) is 3.10. The van der Waals surface area contributed by atoms with Crippen LogP contribution in [0.3, 0.4) is 0 Å². The summed E-state index contributed by atoms with van der Waals surface area (Å²) in [5.74, 6) is 0. The fraction of sp³-hybridized carbons (Fsp3) is 0.273. The van der Waals surface area contributed by atoms with Gasteiger partial charge in [-0.05, 0) is 25.7 Å². The van der Waals surface area contributed by atoms with E-state index in [-0.39, 0.29) is 21.1 Å². The number of allylic oxidation sites excluding steroid dienone is 4. The Kier molecular flexibility index (Phi) is 14.6. The first kappa shape index (κ1) is 21.6. The Morgan fingerprint density at radius 2 is 0.826 bits per heavy atom. The van der Waals surface area contributed by atoms with Gasteiger partial charge in [0.1, 0.15) is 0 Å². The van der Waals surface area contributed by atoms with Crippen LogP contribution >= 0.6 is 0 Å². The van der Waals surface area contributed by atoms with E-state index in [4.69, 9.17) is 0 Å². The summed E-state index contributed by atoms with van der Waals surface area (Å²) >= 11 is 0. The van der Waals surface area contributed by atoms with Crippen LogP contribution in [0.5, 0.6) is 0 Å². The zero-order valence-corrected chi connectivity index (χ0v) is 16.3. The van der Waals surface area contributed by atoms with Crippen molar-refractivity contribution < 1.29 is 21.1 Å². The van der Waals surface area contributed by atoms with Crippen LogP contribution in [0.4, 0.5) is 0 Å². The predicted octanol–water partition coefficient (Wildman–Crippen LogP) is 6.26. The summed E-state index contributed by atoms with van der Waals surface area (Å²) in [5.41, 5.74) is 2.58. The Morgan fingerprint density at radius 1 is 0.565 bits per heavy atom. The SMILES string of the molecule is C1=CCCC=CCC1.Cc1cc[c-]cc1.Cc1cc[c-]cc1.[Pt+2]. The van der Waals surface area contributed by atoms with Gasteiger partial charge in [-0.3, -0.25) is 0 Å². The van der Waals surface area contributed by atoms with Gasteiger partial charge in [0.2, 0.25) is 0 Å². The van der Waals surface area contributed by atoms with E-state index in [0.29, 0.717) is 0 Å². The molecule has 3 rings (SSSR count). The number of rotatable bonds is 0. The van der Waals surface area contributed by atoms with Gasteiger partial charge in [-0.2, -0.15) is 71.8 Å². The van der Waals surface area contributed by atoms with Crippen LogP contribution in [0.2, 0.25) is 0 Å². The van der Waals surface area contributed by atoms with Gasteiger partial charge in [0.25, 0.3) is 0 Å². The Hall–Kier alpha value is -1.39. The fourth-order valence-electron chi connectivity index (χ4n) is 1.80. The smallest absolute Gasteiger partial charge is 0.184 e. The molecule has 0 spiro atoms. The molecule has 0 N–H and O–H groups in total. The predicted molar refractivity (Wildman–Crippen MR) is 96.8 cm³/mol. The van der Waals surface area contributed by atoms with Crippen molar-refractivity contribution in [3.05, 3.63) is 96.1 Å². The van der Waals surface area contributed by atoms with Gasteiger partial charge in [0.05, 0.1) is 0 Å². The van der Waals surface area contributed by atoms with E-state index in [1.54, 1.807) is 0 Å². The zero-order valence-electron chi connectivity index (χ0n) is 14.1. The standard InChI is InChI=1S/C8H12.2C7H7.Pt/c1-2-4-6-8-7-5-3-1;2*1-7-5-3-2-4-6-7;/h1-2,7-8H,3-6H2;2*3-6H,1H3;/q;2*-1;+2. The molecular weight excluding hydrogens is 459 g/mol. The molecule has 0 fully saturated rings. The van der Waals surface area contributed by atoms with Crippen molar-refractivity contribution in [2.24, 2.45) is 0 Å². The molecule has 0 aromatic heterocycles. The summed E-state index contributed by atoms with van der Waals surface area (Å²) in [4.78, 5) is 0. The molecule has 1 aliphatic carbocycles. The first-order chi connectivity index (χ1) is 10.8. The normalized spacial score (nSPS) is 12.3. The molecule has 0 bridgehead atoms. The Morgan fingerprint density at radius 3 is 1.00 bits per heavy atom. The summed E-state index contributed by atoms with van der Waals surface area (Å²) in [7, 11) is 0. The minimum absolute atomic E-state index is 0. The van der Waals surface area contributed by atoms with E-state index in [1.807, 2.05) is 48.5 Å². The monoisotopic (exact) mass is 485 g/mol. The van der Waals surface area contributed by atoms with Gasteiger partial charge in [-0.15, -0.1) is 0 Å². The third-order valence-corrected chi connectivity index (χ3v) is 3.10. The summed E-state index contributed by atoms with van der Waals surface area (Å²) in [6.07, 6.45) is 14.0. The Labute approximate surface area is 156 Å². The second kappa shape index (κ2) is 15.5. The minimum Gasteiger partial charge on any atom is -0.184 e. The molecule has 0 amide bonds. The van der Waals surface area contributed by atoms with Gasteiger partial charge >= 0.3 is 21.1 Å². The van der Waals surface area contributed by atoms with Gasteiger partial charge < -0.3 is 0 Å². The van der Waals surface area contributed by atoms with Crippen LogP contribution < -0.4 is 0 Å². The molecule has 2 aromatic rings. The maximum atomic E-state index is 2.93. The summed E-state index contributed by atoms with van der Waals surface area (Å²) < 4.78 is 0. The molecule has 0 aliphatic heterocycles. The van der Waals surface area contributed by atoms with Gasteiger partial charge in [0.15, 0.2) is 0 Å². The first-order valence-corrected chi connectivity index (χ1v) is 7.94. The molecule has 1 aliphatic rings. The van der Waals surface area contributed by atoms with Crippen molar-refractivity contribution in [3.63, 3.8) is 0 Å². The zero-order chi connectivity index (χ0) is 15.9. The van der Waals surface area contributed by atoms with Crippen LogP contribution in [0.15, 0.2) is 72.8 Å². The molecule has 1 heteroatoms. The second-order valence-corrected chi connectivity index (χ2v) is 5.25. The van der Waals surface area contributed by atoms with Crippen molar-refractivity contribution in [1.29, 1.82) is 0 Å². The first-order valence-electron chi connectivity index (χ1n) is 7.94. The molecule has 2 aromatic carbocycles. The maximum absolute atomic E-state index is 2.93. The van der Waals surface area contributed by atoms with E-state index < -0.39 is 0 Å². The molecule has 0 saturated heterocycles. The number of benzene rings is 2. The summed E-state index contributed by atoms with van der Waals surface area (Å²) in [6, 6.07) is 21.6.